The zero-order valence-corrected chi connectivity index (χ0v) is 13.1. The van der Waals surface area contributed by atoms with Crippen LogP contribution in [0.2, 0.25) is 0 Å². The van der Waals surface area contributed by atoms with Crippen molar-refractivity contribution in [2.45, 2.75) is 0 Å². The molecule has 3 aromatic heterocycles. The van der Waals surface area contributed by atoms with Gasteiger partial charge < -0.3 is 5.11 Å². The molecule has 3 aromatic rings. The molecule has 0 saturated carbocycles. The Labute approximate surface area is 141 Å². The molecule has 0 unspecified atom stereocenters. The summed E-state index contributed by atoms with van der Waals surface area (Å²) in [6.07, 6.45) is 6.75. The number of carbonyl (C=O) groups is 1. The maximum atomic E-state index is 11.0. The Morgan fingerprint density at radius 1 is 1.21 bits per heavy atom. The molecule has 0 fully saturated rings. The lowest BCUT2D eigenvalue weighted by molar-refractivity contribution is 0.0690. The standard InChI is InChI=1S/C17H10N4O2S/c18-9-11-4-6-15(17(22)23)21-13(11)7-5-12-10-20-16(24-12)14-3-1-2-8-19-14/h1-8,10H,(H,22,23). The summed E-state index contributed by atoms with van der Waals surface area (Å²) in [5, 5.41) is 18.9. The monoisotopic (exact) mass is 334 g/mol. The first-order chi connectivity index (χ1) is 11.7. The second-order valence-corrected chi connectivity index (χ2v) is 5.72. The fourth-order valence-corrected chi connectivity index (χ4v) is 2.74. The molecule has 0 aromatic carbocycles. The molecule has 0 aliphatic heterocycles. The first kappa shape index (κ1) is 15.5. The lowest BCUT2D eigenvalue weighted by Crippen LogP contribution is -2.02. The summed E-state index contributed by atoms with van der Waals surface area (Å²) < 4.78 is 0. The van der Waals surface area contributed by atoms with Crippen LogP contribution < -0.4 is 0 Å². The minimum absolute atomic E-state index is 0.105. The number of nitrogens with zero attached hydrogens (tertiary/aromatic N) is 4. The summed E-state index contributed by atoms with van der Waals surface area (Å²) in [4.78, 5) is 24.4. The van der Waals surface area contributed by atoms with Gasteiger partial charge in [0.2, 0.25) is 0 Å². The number of aromatic nitrogens is 3. The molecule has 0 radical (unpaired) electrons. The van der Waals surface area contributed by atoms with E-state index in [4.69, 9.17) is 10.4 Å². The molecule has 0 spiro atoms. The summed E-state index contributed by atoms with van der Waals surface area (Å²) in [6.45, 7) is 0. The zero-order chi connectivity index (χ0) is 16.9. The Hall–Kier alpha value is -3.37. The molecule has 3 rings (SSSR count). The highest BCUT2D eigenvalue weighted by atomic mass is 32.1. The third-order valence-electron chi connectivity index (χ3n) is 3.08. The molecule has 0 amide bonds. The number of carboxylic acids is 1. The van der Waals surface area contributed by atoms with E-state index in [1.54, 1.807) is 24.5 Å². The number of aromatic carboxylic acids is 1. The molecule has 0 aliphatic rings. The number of nitriles is 1. The van der Waals surface area contributed by atoms with Crippen LogP contribution in [0.1, 0.15) is 26.6 Å². The second kappa shape index (κ2) is 6.81. The van der Waals surface area contributed by atoms with Gasteiger partial charge in [0.1, 0.15) is 16.8 Å². The fourth-order valence-electron chi connectivity index (χ4n) is 1.95. The number of hydrogen-bond acceptors (Lipinski definition) is 6. The fraction of sp³-hybridized carbons (Fsp3) is 0. The molecule has 0 atom stereocenters. The van der Waals surface area contributed by atoms with Crippen LogP contribution in [-0.4, -0.2) is 26.0 Å². The summed E-state index contributed by atoms with van der Waals surface area (Å²) in [6, 6.07) is 10.4. The van der Waals surface area contributed by atoms with Gasteiger partial charge in [-0.2, -0.15) is 5.26 Å². The number of carboxylic acid groups (broad SMARTS) is 1. The average molecular weight is 334 g/mol. The number of pyridine rings is 2. The molecule has 24 heavy (non-hydrogen) atoms. The Bertz CT molecular complexity index is 958. The number of hydrogen-bond donors (Lipinski definition) is 1. The number of rotatable bonds is 4. The van der Waals surface area contributed by atoms with Crippen molar-refractivity contribution in [1.82, 2.24) is 15.0 Å². The van der Waals surface area contributed by atoms with E-state index in [1.807, 2.05) is 24.3 Å². The van der Waals surface area contributed by atoms with Crippen LogP contribution in [0.25, 0.3) is 22.9 Å². The Balaban J connectivity index is 1.89. The van der Waals surface area contributed by atoms with Gasteiger partial charge in [0.05, 0.1) is 17.0 Å². The first-order valence-electron chi connectivity index (χ1n) is 6.87. The van der Waals surface area contributed by atoms with Crippen molar-refractivity contribution in [3.05, 3.63) is 64.6 Å². The van der Waals surface area contributed by atoms with E-state index in [2.05, 4.69) is 15.0 Å². The van der Waals surface area contributed by atoms with Gasteiger partial charge in [-0.25, -0.2) is 14.8 Å². The van der Waals surface area contributed by atoms with Gasteiger partial charge in [0, 0.05) is 17.3 Å². The third-order valence-corrected chi connectivity index (χ3v) is 4.06. The third kappa shape index (κ3) is 3.34. The van der Waals surface area contributed by atoms with E-state index >= 15 is 0 Å². The molecule has 7 heteroatoms. The Kier molecular flexibility index (Phi) is 4.40. The first-order valence-corrected chi connectivity index (χ1v) is 7.69. The van der Waals surface area contributed by atoms with Gasteiger partial charge in [-0.1, -0.05) is 6.07 Å². The molecular weight excluding hydrogens is 324 g/mol. The summed E-state index contributed by atoms with van der Waals surface area (Å²) >= 11 is 1.44. The second-order valence-electron chi connectivity index (χ2n) is 4.66. The average Bonchev–Trinajstić information content (AvgIpc) is 3.09. The molecule has 3 heterocycles. The van der Waals surface area contributed by atoms with Crippen molar-refractivity contribution in [3.63, 3.8) is 0 Å². The summed E-state index contributed by atoms with van der Waals surface area (Å²) in [5.41, 5.74) is 1.30. The normalized spacial score (nSPS) is 10.6. The van der Waals surface area contributed by atoms with E-state index in [0.29, 0.717) is 11.3 Å². The van der Waals surface area contributed by atoms with Gasteiger partial charge >= 0.3 is 5.97 Å². The van der Waals surface area contributed by atoms with E-state index in [0.717, 1.165) is 15.6 Å². The van der Waals surface area contributed by atoms with Crippen LogP contribution in [-0.2, 0) is 0 Å². The maximum Gasteiger partial charge on any atom is 0.354 e. The van der Waals surface area contributed by atoms with Crippen LogP contribution >= 0.6 is 11.3 Å². The predicted molar refractivity (Wildman–Crippen MR) is 90.2 cm³/mol. The van der Waals surface area contributed by atoms with Crippen LogP contribution in [0.4, 0.5) is 0 Å². The van der Waals surface area contributed by atoms with Crippen molar-refractivity contribution >= 4 is 29.5 Å². The minimum Gasteiger partial charge on any atom is -0.477 e. The molecule has 0 saturated heterocycles. The summed E-state index contributed by atoms with van der Waals surface area (Å²) in [7, 11) is 0. The highest BCUT2D eigenvalue weighted by molar-refractivity contribution is 7.15. The largest absolute Gasteiger partial charge is 0.477 e. The highest BCUT2D eigenvalue weighted by Gasteiger charge is 2.09. The Morgan fingerprint density at radius 3 is 2.79 bits per heavy atom. The number of thiazole rings is 1. The molecule has 6 nitrogen and oxygen atoms in total. The maximum absolute atomic E-state index is 11.0. The van der Waals surface area contributed by atoms with E-state index in [9.17, 15) is 4.79 Å². The summed E-state index contributed by atoms with van der Waals surface area (Å²) in [5.74, 6) is -1.13. The lowest BCUT2D eigenvalue weighted by atomic mass is 10.1. The minimum atomic E-state index is -1.13. The SMILES string of the molecule is N#Cc1ccc(C(=O)O)nc1C=Cc1cnc(-c2ccccn2)s1. The van der Waals surface area contributed by atoms with E-state index in [1.165, 1.54) is 23.5 Å². The van der Waals surface area contributed by atoms with Crippen molar-refractivity contribution in [2.24, 2.45) is 0 Å². The van der Waals surface area contributed by atoms with Crippen LogP contribution in [0, 0.1) is 11.3 Å². The van der Waals surface area contributed by atoms with Crippen molar-refractivity contribution in [2.75, 3.05) is 0 Å². The molecular formula is C17H10N4O2S. The topological polar surface area (TPSA) is 99.8 Å². The molecule has 0 bridgehead atoms. The van der Waals surface area contributed by atoms with Gasteiger partial charge in [0.15, 0.2) is 0 Å². The van der Waals surface area contributed by atoms with Gasteiger partial charge in [0.25, 0.3) is 0 Å². The van der Waals surface area contributed by atoms with Gasteiger partial charge in [-0.15, -0.1) is 11.3 Å². The van der Waals surface area contributed by atoms with E-state index < -0.39 is 5.97 Å². The molecule has 116 valence electrons. The quantitative estimate of drug-likeness (QED) is 0.785. The van der Waals surface area contributed by atoms with Crippen molar-refractivity contribution in [1.29, 1.82) is 5.26 Å². The lowest BCUT2D eigenvalue weighted by Gasteiger charge is -1.99. The molecule has 0 aliphatic carbocycles. The van der Waals surface area contributed by atoms with Crippen molar-refractivity contribution < 1.29 is 9.90 Å². The smallest absolute Gasteiger partial charge is 0.354 e. The predicted octanol–water partition coefficient (Wildman–Crippen LogP) is 3.34. The van der Waals surface area contributed by atoms with Crippen LogP contribution in [0.5, 0.6) is 0 Å². The van der Waals surface area contributed by atoms with Crippen LogP contribution in [0.15, 0.2) is 42.7 Å². The van der Waals surface area contributed by atoms with Crippen LogP contribution in [0.3, 0.4) is 0 Å². The zero-order valence-electron chi connectivity index (χ0n) is 12.2. The van der Waals surface area contributed by atoms with Gasteiger partial charge in [-0.3, -0.25) is 4.98 Å². The van der Waals surface area contributed by atoms with Crippen molar-refractivity contribution in [3.8, 4) is 16.8 Å². The Morgan fingerprint density at radius 2 is 2.08 bits per heavy atom. The van der Waals surface area contributed by atoms with Gasteiger partial charge in [-0.05, 0) is 36.4 Å². The van der Waals surface area contributed by atoms with E-state index in [-0.39, 0.29) is 5.69 Å². The molecule has 1 N–H and O–H groups in total. The highest BCUT2D eigenvalue weighted by Crippen LogP contribution is 2.24.